The molecule has 1 fully saturated rings. The molecule has 6 nitrogen and oxygen atoms in total. The van der Waals surface area contributed by atoms with E-state index < -0.39 is 6.10 Å². The maximum atomic E-state index is 12.2. The summed E-state index contributed by atoms with van der Waals surface area (Å²) in [5.41, 5.74) is 1.05. The lowest BCUT2D eigenvalue weighted by Crippen LogP contribution is -2.68. The molecule has 0 bridgehead atoms. The number of carbonyl (C=O) groups is 2. The number of methoxy groups -OCH3 is 1. The van der Waals surface area contributed by atoms with Crippen LogP contribution in [0.25, 0.3) is 0 Å². The molecule has 0 spiro atoms. The Hall–Kier alpha value is -2.34. The highest BCUT2D eigenvalue weighted by atomic mass is 16.6. The molecule has 3 rings (SSSR count). The number of hydrogen-bond donors (Lipinski definition) is 0. The lowest BCUT2D eigenvalue weighted by atomic mass is 9.96. The highest BCUT2D eigenvalue weighted by Gasteiger charge is 2.48. The molecule has 0 saturated carbocycles. The maximum absolute atomic E-state index is 12.2. The van der Waals surface area contributed by atoms with E-state index in [-0.39, 0.29) is 18.0 Å². The van der Waals surface area contributed by atoms with Gasteiger partial charge in [0.1, 0.15) is 5.76 Å². The molecule has 1 saturated heterocycles. The quantitative estimate of drug-likeness (QED) is 0.777. The van der Waals surface area contributed by atoms with E-state index in [2.05, 4.69) is 0 Å². The van der Waals surface area contributed by atoms with Gasteiger partial charge in [-0.05, 0) is 18.6 Å². The molecule has 0 unspecified atom stereocenters. The summed E-state index contributed by atoms with van der Waals surface area (Å²) in [6.45, 7) is 3.16. The first-order valence-corrected chi connectivity index (χ1v) is 7.61. The monoisotopic (exact) mass is 316 g/mol. The van der Waals surface area contributed by atoms with E-state index in [0.717, 1.165) is 5.56 Å². The van der Waals surface area contributed by atoms with Crippen molar-refractivity contribution in [3.63, 3.8) is 0 Å². The number of hydrogen-bond acceptors (Lipinski definition) is 4. The van der Waals surface area contributed by atoms with Gasteiger partial charge in [-0.1, -0.05) is 30.3 Å². The first-order valence-electron chi connectivity index (χ1n) is 7.61. The standard InChI is InChI=1S/C17H20N2O4/c1-12-8-9-18(17(21)23-12)11-14-15(22-2)16(20)19(14)10-13-6-4-3-5-7-13/h3-8,14-15H,9-11H2,1-2H3/t14-,15+/m0/s1. The molecular formula is C17H20N2O4. The van der Waals surface area contributed by atoms with Crippen LogP contribution >= 0.6 is 0 Å². The second-order valence-electron chi connectivity index (χ2n) is 5.76. The Morgan fingerprint density at radius 3 is 2.65 bits per heavy atom. The van der Waals surface area contributed by atoms with Crippen molar-refractivity contribution >= 4 is 12.0 Å². The largest absolute Gasteiger partial charge is 0.415 e. The number of rotatable bonds is 5. The van der Waals surface area contributed by atoms with Gasteiger partial charge in [0.25, 0.3) is 5.91 Å². The summed E-state index contributed by atoms with van der Waals surface area (Å²) >= 11 is 0. The van der Waals surface area contributed by atoms with Crippen molar-refractivity contribution in [2.24, 2.45) is 0 Å². The lowest BCUT2D eigenvalue weighted by Gasteiger charge is -2.47. The Bertz CT molecular complexity index is 629. The van der Waals surface area contributed by atoms with Crippen molar-refractivity contribution in [1.82, 2.24) is 9.80 Å². The van der Waals surface area contributed by atoms with Gasteiger partial charge in [0.15, 0.2) is 6.10 Å². The third kappa shape index (κ3) is 3.07. The van der Waals surface area contributed by atoms with Crippen molar-refractivity contribution in [2.75, 3.05) is 20.2 Å². The molecule has 2 aliphatic heterocycles. The Balaban J connectivity index is 1.70. The topological polar surface area (TPSA) is 59.1 Å². The van der Waals surface area contributed by atoms with Crippen molar-refractivity contribution in [3.05, 3.63) is 47.7 Å². The van der Waals surface area contributed by atoms with Gasteiger partial charge in [0.05, 0.1) is 6.04 Å². The van der Waals surface area contributed by atoms with Gasteiger partial charge in [-0.15, -0.1) is 0 Å². The molecule has 2 aliphatic rings. The van der Waals surface area contributed by atoms with Gasteiger partial charge in [0.2, 0.25) is 0 Å². The predicted octanol–water partition coefficient (Wildman–Crippen LogP) is 1.77. The average Bonchev–Trinajstić information content (AvgIpc) is 2.55. The molecule has 23 heavy (non-hydrogen) atoms. The van der Waals surface area contributed by atoms with Crippen LogP contribution in [0.5, 0.6) is 0 Å². The zero-order valence-electron chi connectivity index (χ0n) is 13.3. The van der Waals surface area contributed by atoms with E-state index in [1.807, 2.05) is 36.4 Å². The fourth-order valence-corrected chi connectivity index (χ4v) is 2.93. The Labute approximate surface area is 135 Å². The van der Waals surface area contributed by atoms with Gasteiger partial charge in [0, 0.05) is 26.7 Å². The molecule has 2 atom stereocenters. The minimum atomic E-state index is -0.501. The average molecular weight is 316 g/mol. The molecule has 0 aromatic heterocycles. The van der Waals surface area contributed by atoms with Crippen molar-refractivity contribution in [3.8, 4) is 0 Å². The van der Waals surface area contributed by atoms with Crippen LogP contribution in [0.1, 0.15) is 12.5 Å². The normalized spacial score (nSPS) is 24.2. The molecule has 1 aromatic rings. The van der Waals surface area contributed by atoms with E-state index in [0.29, 0.717) is 25.4 Å². The highest BCUT2D eigenvalue weighted by Crippen LogP contribution is 2.27. The number of benzene rings is 1. The van der Waals surface area contributed by atoms with Crippen molar-refractivity contribution in [1.29, 1.82) is 0 Å². The molecular weight excluding hydrogens is 296 g/mol. The van der Waals surface area contributed by atoms with Gasteiger partial charge < -0.3 is 19.3 Å². The molecule has 0 radical (unpaired) electrons. The number of cyclic esters (lactones) is 1. The summed E-state index contributed by atoms with van der Waals surface area (Å²) in [7, 11) is 1.52. The van der Waals surface area contributed by atoms with Gasteiger partial charge in [-0.3, -0.25) is 4.79 Å². The summed E-state index contributed by atoms with van der Waals surface area (Å²) < 4.78 is 10.4. The van der Waals surface area contributed by atoms with Crippen LogP contribution in [-0.2, 0) is 20.8 Å². The second kappa shape index (κ2) is 6.42. The van der Waals surface area contributed by atoms with Gasteiger partial charge in [-0.2, -0.15) is 0 Å². The summed E-state index contributed by atoms with van der Waals surface area (Å²) in [6, 6.07) is 9.62. The third-order valence-electron chi connectivity index (χ3n) is 4.24. The maximum Gasteiger partial charge on any atom is 0.415 e. The molecule has 1 aromatic carbocycles. The Morgan fingerprint density at radius 1 is 1.26 bits per heavy atom. The minimum Gasteiger partial charge on any atom is -0.415 e. The second-order valence-corrected chi connectivity index (χ2v) is 5.76. The van der Waals surface area contributed by atoms with Crippen LogP contribution in [-0.4, -0.2) is 54.1 Å². The Morgan fingerprint density at radius 2 is 2.00 bits per heavy atom. The number of ether oxygens (including phenoxy) is 2. The first-order chi connectivity index (χ1) is 11.1. The van der Waals surface area contributed by atoms with Crippen LogP contribution in [0.4, 0.5) is 4.79 Å². The molecule has 6 heteroatoms. The summed E-state index contributed by atoms with van der Waals surface area (Å²) in [4.78, 5) is 27.5. The van der Waals surface area contributed by atoms with Crippen LogP contribution in [0.2, 0.25) is 0 Å². The molecule has 2 amide bonds. The fourth-order valence-electron chi connectivity index (χ4n) is 2.93. The van der Waals surface area contributed by atoms with Crippen molar-refractivity contribution in [2.45, 2.75) is 25.6 Å². The number of carbonyl (C=O) groups excluding carboxylic acids is 2. The molecule has 0 N–H and O–H groups in total. The third-order valence-corrected chi connectivity index (χ3v) is 4.24. The first kappa shape index (κ1) is 15.6. The van der Waals surface area contributed by atoms with Crippen LogP contribution < -0.4 is 0 Å². The van der Waals surface area contributed by atoms with E-state index in [1.54, 1.807) is 16.7 Å². The summed E-state index contributed by atoms with van der Waals surface area (Å²) in [5.74, 6) is 0.568. The summed E-state index contributed by atoms with van der Waals surface area (Å²) in [5, 5.41) is 0. The molecule has 122 valence electrons. The van der Waals surface area contributed by atoms with Crippen LogP contribution in [0.15, 0.2) is 42.2 Å². The number of allylic oxidation sites excluding steroid dienone is 1. The smallest absolute Gasteiger partial charge is 0.415 e. The lowest BCUT2D eigenvalue weighted by molar-refractivity contribution is -0.173. The molecule has 0 aliphatic carbocycles. The summed E-state index contributed by atoms with van der Waals surface area (Å²) in [6.07, 6.45) is 0.975. The number of β-lactam (4-membered cyclic amide) rings is 1. The van der Waals surface area contributed by atoms with Gasteiger partial charge in [-0.25, -0.2) is 4.79 Å². The number of nitrogens with zero attached hydrogens (tertiary/aromatic N) is 2. The predicted molar refractivity (Wildman–Crippen MR) is 83.4 cm³/mol. The van der Waals surface area contributed by atoms with E-state index in [4.69, 9.17) is 9.47 Å². The zero-order chi connectivity index (χ0) is 16.4. The minimum absolute atomic E-state index is 0.0431. The highest BCUT2D eigenvalue weighted by molar-refractivity contribution is 5.88. The van der Waals surface area contributed by atoms with Gasteiger partial charge >= 0.3 is 6.09 Å². The number of amides is 2. The van der Waals surface area contributed by atoms with E-state index in [9.17, 15) is 9.59 Å². The number of likely N-dealkylation sites (tertiary alicyclic amines) is 1. The SMILES string of the molecule is CO[C@H]1C(=O)N(Cc2ccccc2)[C@H]1CN1CC=C(C)OC1=O. The van der Waals surface area contributed by atoms with Crippen molar-refractivity contribution < 1.29 is 19.1 Å². The van der Waals surface area contributed by atoms with E-state index in [1.165, 1.54) is 7.11 Å². The van der Waals surface area contributed by atoms with Crippen LogP contribution in [0, 0.1) is 0 Å². The van der Waals surface area contributed by atoms with E-state index >= 15 is 0 Å². The van der Waals surface area contributed by atoms with Crippen LogP contribution in [0.3, 0.4) is 0 Å². The fraction of sp³-hybridized carbons (Fsp3) is 0.412. The molecule has 2 heterocycles. The zero-order valence-corrected chi connectivity index (χ0v) is 13.3. The Kier molecular flexibility index (Phi) is 4.34.